The van der Waals surface area contributed by atoms with Crippen molar-refractivity contribution < 1.29 is 9.53 Å². The molecule has 0 N–H and O–H groups in total. The molecule has 0 radical (unpaired) electrons. The van der Waals surface area contributed by atoms with Gasteiger partial charge in [-0.05, 0) is 61.7 Å². The number of carbonyl (C=O) groups excluding carboxylic acids is 1. The van der Waals surface area contributed by atoms with E-state index in [1.54, 1.807) is 0 Å². The lowest BCUT2D eigenvalue weighted by molar-refractivity contribution is 0.111. The summed E-state index contributed by atoms with van der Waals surface area (Å²) >= 11 is 0. The number of benzene rings is 2. The summed E-state index contributed by atoms with van der Waals surface area (Å²) < 4.78 is 5.84. The molecule has 120 valence electrons. The van der Waals surface area contributed by atoms with E-state index in [9.17, 15) is 4.79 Å². The third kappa shape index (κ3) is 3.80. The second kappa shape index (κ2) is 7.42. The Morgan fingerprint density at radius 1 is 1.13 bits per heavy atom. The third-order valence-electron chi connectivity index (χ3n) is 4.46. The smallest absolute Gasteiger partial charge is 0.153 e. The van der Waals surface area contributed by atoms with Crippen molar-refractivity contribution in [3.63, 3.8) is 0 Å². The van der Waals surface area contributed by atoms with Crippen LogP contribution in [0.25, 0.3) is 11.1 Å². The van der Waals surface area contributed by atoms with Crippen molar-refractivity contribution in [2.75, 3.05) is 26.2 Å². The van der Waals surface area contributed by atoms with Crippen molar-refractivity contribution in [1.29, 1.82) is 0 Å². The van der Waals surface area contributed by atoms with Crippen LogP contribution in [-0.2, 0) is 0 Å². The van der Waals surface area contributed by atoms with Gasteiger partial charge in [0.1, 0.15) is 12.4 Å². The van der Waals surface area contributed by atoms with Gasteiger partial charge in [-0.25, -0.2) is 0 Å². The standard InChI is InChI=1S/C20H23NO2/c1-16-6-2-3-7-19(16)17-8-9-20(18(14-17)15-22)23-13-12-21-10-4-5-11-21/h2-3,6-9,14-15H,4-5,10-13H2,1H3. The number of aldehydes is 1. The average molecular weight is 309 g/mol. The van der Waals surface area contributed by atoms with E-state index in [2.05, 4.69) is 24.0 Å². The first kappa shape index (κ1) is 15.8. The Balaban J connectivity index is 1.72. The highest BCUT2D eigenvalue weighted by Gasteiger charge is 2.12. The van der Waals surface area contributed by atoms with Crippen molar-refractivity contribution in [1.82, 2.24) is 4.90 Å². The second-order valence-corrected chi connectivity index (χ2v) is 6.08. The summed E-state index contributed by atoms with van der Waals surface area (Å²) in [5.41, 5.74) is 4.02. The normalized spacial score (nSPS) is 14.8. The van der Waals surface area contributed by atoms with Gasteiger partial charge in [0.05, 0.1) is 5.56 Å². The van der Waals surface area contributed by atoms with Gasteiger partial charge in [-0.15, -0.1) is 0 Å². The van der Waals surface area contributed by atoms with Crippen LogP contribution in [0.3, 0.4) is 0 Å². The van der Waals surface area contributed by atoms with Crippen molar-refractivity contribution in [3.05, 3.63) is 53.6 Å². The van der Waals surface area contributed by atoms with Crippen molar-refractivity contribution in [2.45, 2.75) is 19.8 Å². The van der Waals surface area contributed by atoms with Gasteiger partial charge in [-0.3, -0.25) is 9.69 Å². The van der Waals surface area contributed by atoms with E-state index in [1.807, 2.05) is 30.3 Å². The molecular formula is C20H23NO2. The zero-order valence-corrected chi connectivity index (χ0v) is 13.6. The SMILES string of the molecule is Cc1ccccc1-c1ccc(OCCN2CCCC2)c(C=O)c1. The number of hydrogen-bond acceptors (Lipinski definition) is 3. The number of likely N-dealkylation sites (tertiary alicyclic amines) is 1. The Kier molecular flexibility index (Phi) is 5.09. The molecule has 3 nitrogen and oxygen atoms in total. The first-order valence-electron chi connectivity index (χ1n) is 8.28. The highest BCUT2D eigenvalue weighted by molar-refractivity contribution is 5.83. The Morgan fingerprint density at radius 2 is 1.91 bits per heavy atom. The molecule has 2 aromatic carbocycles. The van der Waals surface area contributed by atoms with Gasteiger partial charge in [-0.2, -0.15) is 0 Å². The Hall–Kier alpha value is -2.13. The van der Waals surface area contributed by atoms with E-state index in [4.69, 9.17) is 4.74 Å². The summed E-state index contributed by atoms with van der Waals surface area (Å²) in [7, 11) is 0. The molecule has 1 aliphatic heterocycles. The molecule has 1 fully saturated rings. The number of carbonyl (C=O) groups is 1. The quantitative estimate of drug-likeness (QED) is 0.757. The minimum atomic E-state index is 0.618. The van der Waals surface area contributed by atoms with Gasteiger partial charge in [0.15, 0.2) is 6.29 Å². The number of rotatable bonds is 6. The molecule has 1 aliphatic rings. The fourth-order valence-electron chi connectivity index (χ4n) is 3.13. The van der Waals surface area contributed by atoms with Crippen LogP contribution < -0.4 is 4.74 Å². The zero-order chi connectivity index (χ0) is 16.1. The first-order valence-corrected chi connectivity index (χ1v) is 8.28. The van der Waals surface area contributed by atoms with Gasteiger partial charge in [-0.1, -0.05) is 30.3 Å². The zero-order valence-electron chi connectivity index (χ0n) is 13.6. The molecule has 0 saturated carbocycles. The predicted octanol–water partition coefficient (Wildman–Crippen LogP) is 3.95. The summed E-state index contributed by atoms with van der Waals surface area (Å²) in [6, 6.07) is 14.1. The lowest BCUT2D eigenvalue weighted by Gasteiger charge is -2.16. The Bertz CT molecular complexity index is 675. The van der Waals surface area contributed by atoms with Crippen LogP contribution in [0.4, 0.5) is 0 Å². The summed E-state index contributed by atoms with van der Waals surface area (Å²) in [6.45, 7) is 5.96. The molecule has 0 aromatic heterocycles. The van der Waals surface area contributed by atoms with Crippen molar-refractivity contribution >= 4 is 6.29 Å². The van der Waals surface area contributed by atoms with Crippen LogP contribution in [0.5, 0.6) is 5.75 Å². The molecule has 3 heteroatoms. The molecule has 0 bridgehead atoms. The van der Waals surface area contributed by atoms with Crippen LogP contribution in [0, 0.1) is 6.92 Å². The summed E-state index contributed by atoms with van der Waals surface area (Å²) in [5, 5.41) is 0. The number of aryl methyl sites for hydroxylation is 1. The molecule has 0 aliphatic carbocycles. The average Bonchev–Trinajstić information content (AvgIpc) is 3.09. The number of hydrogen-bond donors (Lipinski definition) is 0. The topological polar surface area (TPSA) is 29.5 Å². The lowest BCUT2D eigenvalue weighted by atomic mass is 9.99. The maximum atomic E-state index is 11.4. The Morgan fingerprint density at radius 3 is 2.65 bits per heavy atom. The fourth-order valence-corrected chi connectivity index (χ4v) is 3.13. The molecule has 0 atom stereocenters. The van der Waals surface area contributed by atoms with E-state index in [-0.39, 0.29) is 0 Å². The summed E-state index contributed by atoms with van der Waals surface area (Å²) in [6.07, 6.45) is 3.45. The molecule has 2 aromatic rings. The number of nitrogens with zero attached hydrogens (tertiary/aromatic N) is 1. The van der Waals surface area contributed by atoms with Gasteiger partial charge in [0, 0.05) is 6.54 Å². The highest BCUT2D eigenvalue weighted by atomic mass is 16.5. The highest BCUT2D eigenvalue weighted by Crippen LogP contribution is 2.28. The predicted molar refractivity (Wildman–Crippen MR) is 93.2 cm³/mol. The molecule has 1 heterocycles. The molecule has 0 amide bonds. The largest absolute Gasteiger partial charge is 0.492 e. The van der Waals surface area contributed by atoms with Crippen LogP contribution >= 0.6 is 0 Å². The van der Waals surface area contributed by atoms with Gasteiger partial charge in [0.25, 0.3) is 0 Å². The molecule has 0 unspecified atom stereocenters. The van der Waals surface area contributed by atoms with E-state index in [0.29, 0.717) is 17.9 Å². The van der Waals surface area contributed by atoms with Gasteiger partial charge in [0.2, 0.25) is 0 Å². The third-order valence-corrected chi connectivity index (χ3v) is 4.46. The first-order chi connectivity index (χ1) is 11.3. The van der Waals surface area contributed by atoms with Crippen LogP contribution in [0.1, 0.15) is 28.8 Å². The minimum Gasteiger partial charge on any atom is -0.492 e. The second-order valence-electron chi connectivity index (χ2n) is 6.08. The molecular weight excluding hydrogens is 286 g/mol. The molecule has 1 saturated heterocycles. The maximum absolute atomic E-state index is 11.4. The molecule has 23 heavy (non-hydrogen) atoms. The summed E-state index contributed by atoms with van der Waals surface area (Å²) in [4.78, 5) is 13.8. The molecule has 0 spiro atoms. The van der Waals surface area contributed by atoms with Crippen LogP contribution in [0.15, 0.2) is 42.5 Å². The monoisotopic (exact) mass is 309 g/mol. The van der Waals surface area contributed by atoms with Crippen LogP contribution in [0.2, 0.25) is 0 Å². The lowest BCUT2D eigenvalue weighted by Crippen LogP contribution is -2.25. The van der Waals surface area contributed by atoms with E-state index in [0.717, 1.165) is 37.0 Å². The minimum absolute atomic E-state index is 0.618. The van der Waals surface area contributed by atoms with Crippen molar-refractivity contribution in [2.24, 2.45) is 0 Å². The number of ether oxygens (including phenoxy) is 1. The van der Waals surface area contributed by atoms with Crippen molar-refractivity contribution in [3.8, 4) is 16.9 Å². The van der Waals surface area contributed by atoms with Gasteiger partial charge < -0.3 is 4.74 Å². The fraction of sp³-hybridized carbons (Fsp3) is 0.350. The van der Waals surface area contributed by atoms with E-state index >= 15 is 0 Å². The molecule has 3 rings (SSSR count). The maximum Gasteiger partial charge on any atom is 0.153 e. The Labute approximate surface area is 137 Å². The van der Waals surface area contributed by atoms with Crippen LogP contribution in [-0.4, -0.2) is 37.4 Å². The summed E-state index contributed by atoms with van der Waals surface area (Å²) in [5.74, 6) is 0.677. The van der Waals surface area contributed by atoms with E-state index < -0.39 is 0 Å². The van der Waals surface area contributed by atoms with E-state index in [1.165, 1.54) is 18.4 Å². The van der Waals surface area contributed by atoms with Gasteiger partial charge >= 0.3 is 0 Å².